The number of nitrogens with one attached hydrogen (secondary N) is 2. The number of para-hydroxylation sites is 2. The van der Waals surface area contributed by atoms with E-state index in [1.165, 1.54) is 12.3 Å². The Morgan fingerprint density at radius 2 is 1.81 bits per heavy atom. The molecule has 2 amide bonds. The smallest absolute Gasteiger partial charge is 0.274 e. The lowest BCUT2D eigenvalue weighted by Crippen LogP contribution is -2.30. The Bertz CT molecular complexity index is 757. The number of nitrogens with zero attached hydrogens (tertiary/aromatic N) is 2. The Labute approximate surface area is 160 Å². The molecule has 4 N–H and O–H groups in total. The number of aromatic nitrogens is 1. The Morgan fingerprint density at radius 1 is 1.07 bits per heavy atom. The first-order valence-corrected chi connectivity index (χ1v) is 9.17. The number of carbonyl (C=O) groups excluding carboxylic acids is 2. The topological polar surface area (TPSA) is 100 Å². The fraction of sp³-hybridized carbons (Fsp3) is 0.350. The molecule has 7 heteroatoms. The minimum absolute atomic E-state index is 0.193. The summed E-state index contributed by atoms with van der Waals surface area (Å²) in [5.41, 5.74) is 7.46. The van der Waals surface area contributed by atoms with E-state index in [2.05, 4.69) is 34.4 Å². The number of amides is 2. The van der Waals surface area contributed by atoms with Gasteiger partial charge in [-0.3, -0.25) is 14.6 Å². The van der Waals surface area contributed by atoms with E-state index in [9.17, 15) is 9.59 Å². The first-order valence-electron chi connectivity index (χ1n) is 9.17. The highest BCUT2D eigenvalue weighted by atomic mass is 16.2. The van der Waals surface area contributed by atoms with Crippen LogP contribution in [0.2, 0.25) is 0 Å². The minimum atomic E-state index is -0.376. The first kappa shape index (κ1) is 20.4. The molecule has 0 spiro atoms. The summed E-state index contributed by atoms with van der Waals surface area (Å²) in [6.45, 7) is 7.81. The van der Waals surface area contributed by atoms with Crippen LogP contribution in [0.25, 0.3) is 0 Å². The van der Waals surface area contributed by atoms with E-state index < -0.39 is 0 Å². The van der Waals surface area contributed by atoms with Crippen LogP contribution in [-0.2, 0) is 0 Å². The van der Waals surface area contributed by atoms with Crippen molar-refractivity contribution in [1.82, 2.24) is 15.2 Å². The molecule has 1 aromatic carbocycles. The van der Waals surface area contributed by atoms with Crippen molar-refractivity contribution in [2.24, 2.45) is 0 Å². The van der Waals surface area contributed by atoms with E-state index in [1.54, 1.807) is 30.3 Å². The van der Waals surface area contributed by atoms with Gasteiger partial charge in [-0.1, -0.05) is 26.0 Å². The van der Waals surface area contributed by atoms with Gasteiger partial charge in [-0.05, 0) is 50.3 Å². The van der Waals surface area contributed by atoms with Gasteiger partial charge in [-0.15, -0.1) is 0 Å². The maximum absolute atomic E-state index is 12.2. The number of nitrogen functional groups attached to an aromatic ring is 1. The molecule has 0 saturated heterocycles. The van der Waals surface area contributed by atoms with Gasteiger partial charge in [0.2, 0.25) is 0 Å². The molecule has 2 aromatic rings. The second-order valence-corrected chi connectivity index (χ2v) is 6.11. The lowest BCUT2D eigenvalue weighted by Gasteiger charge is -2.17. The van der Waals surface area contributed by atoms with Gasteiger partial charge >= 0.3 is 0 Å². The minimum Gasteiger partial charge on any atom is -0.397 e. The Balaban J connectivity index is 1.86. The average Bonchev–Trinajstić information content (AvgIpc) is 2.69. The quantitative estimate of drug-likeness (QED) is 0.465. The molecule has 1 heterocycles. The molecule has 144 valence electrons. The molecule has 0 radical (unpaired) electrons. The van der Waals surface area contributed by atoms with Gasteiger partial charge in [0.25, 0.3) is 11.8 Å². The fourth-order valence-corrected chi connectivity index (χ4v) is 2.61. The number of hydrogen-bond acceptors (Lipinski definition) is 5. The van der Waals surface area contributed by atoms with Crippen LogP contribution < -0.4 is 16.4 Å². The summed E-state index contributed by atoms with van der Waals surface area (Å²) in [6, 6.07) is 10.1. The number of carbonyl (C=O) groups is 2. The van der Waals surface area contributed by atoms with E-state index in [4.69, 9.17) is 5.73 Å². The number of anilines is 2. The van der Waals surface area contributed by atoms with Crippen LogP contribution in [0.5, 0.6) is 0 Å². The summed E-state index contributed by atoms with van der Waals surface area (Å²) in [7, 11) is 0. The Kier molecular flexibility index (Phi) is 7.76. The third-order valence-electron chi connectivity index (χ3n) is 4.30. The third-order valence-corrected chi connectivity index (χ3v) is 4.30. The van der Waals surface area contributed by atoms with Gasteiger partial charge < -0.3 is 21.3 Å². The zero-order valence-electron chi connectivity index (χ0n) is 15.9. The molecular weight excluding hydrogens is 342 g/mol. The lowest BCUT2D eigenvalue weighted by molar-refractivity contribution is 0.0949. The van der Waals surface area contributed by atoms with Crippen molar-refractivity contribution in [3.8, 4) is 0 Å². The number of pyridine rings is 1. The number of benzene rings is 1. The fourth-order valence-electron chi connectivity index (χ4n) is 2.61. The van der Waals surface area contributed by atoms with Crippen molar-refractivity contribution in [3.63, 3.8) is 0 Å². The van der Waals surface area contributed by atoms with Gasteiger partial charge in [-0.25, -0.2) is 0 Å². The van der Waals surface area contributed by atoms with Crippen molar-refractivity contribution in [3.05, 3.63) is 53.9 Å². The number of nitrogens with two attached hydrogens (primary N) is 1. The summed E-state index contributed by atoms with van der Waals surface area (Å²) in [4.78, 5) is 30.8. The molecule has 0 fully saturated rings. The SMILES string of the molecule is CCN(CC)CCCNC(=O)c1ccc(C(=O)Nc2ccccc2N)nc1. The van der Waals surface area contributed by atoms with Crippen LogP contribution in [-0.4, -0.2) is 47.9 Å². The van der Waals surface area contributed by atoms with Crippen LogP contribution in [0.3, 0.4) is 0 Å². The molecule has 7 nitrogen and oxygen atoms in total. The summed E-state index contributed by atoms with van der Waals surface area (Å²) < 4.78 is 0. The number of hydrogen-bond donors (Lipinski definition) is 3. The molecule has 0 unspecified atom stereocenters. The molecule has 2 rings (SSSR count). The zero-order valence-corrected chi connectivity index (χ0v) is 15.9. The molecule has 0 atom stereocenters. The van der Waals surface area contributed by atoms with Gasteiger partial charge in [-0.2, -0.15) is 0 Å². The van der Waals surface area contributed by atoms with Crippen LogP contribution >= 0.6 is 0 Å². The van der Waals surface area contributed by atoms with Crippen molar-refractivity contribution in [2.45, 2.75) is 20.3 Å². The molecule has 0 bridgehead atoms. The van der Waals surface area contributed by atoms with Crippen LogP contribution in [0, 0.1) is 0 Å². The maximum Gasteiger partial charge on any atom is 0.274 e. The average molecular weight is 369 g/mol. The molecule has 0 aliphatic rings. The highest BCUT2D eigenvalue weighted by Gasteiger charge is 2.11. The predicted octanol–water partition coefficient (Wildman–Crippen LogP) is 2.38. The van der Waals surface area contributed by atoms with Crippen LogP contribution in [0.15, 0.2) is 42.6 Å². The second-order valence-electron chi connectivity index (χ2n) is 6.11. The van der Waals surface area contributed by atoms with E-state index in [1.807, 2.05) is 0 Å². The monoisotopic (exact) mass is 369 g/mol. The summed E-state index contributed by atoms with van der Waals surface area (Å²) >= 11 is 0. The van der Waals surface area contributed by atoms with Crippen molar-refractivity contribution >= 4 is 23.2 Å². The molecule has 1 aromatic heterocycles. The van der Waals surface area contributed by atoms with E-state index in [0.29, 0.717) is 23.5 Å². The lowest BCUT2D eigenvalue weighted by atomic mass is 10.2. The van der Waals surface area contributed by atoms with Gasteiger partial charge in [0.05, 0.1) is 16.9 Å². The van der Waals surface area contributed by atoms with Gasteiger partial charge in [0.15, 0.2) is 0 Å². The molecule has 0 aliphatic carbocycles. The summed E-state index contributed by atoms with van der Waals surface area (Å²) in [5.74, 6) is -0.569. The highest BCUT2D eigenvalue weighted by molar-refractivity contribution is 6.04. The van der Waals surface area contributed by atoms with Crippen molar-refractivity contribution < 1.29 is 9.59 Å². The van der Waals surface area contributed by atoms with Crippen molar-refractivity contribution in [2.75, 3.05) is 37.2 Å². The maximum atomic E-state index is 12.2. The Hall–Kier alpha value is -2.93. The summed E-state index contributed by atoms with van der Waals surface area (Å²) in [5, 5.41) is 5.58. The molecule has 27 heavy (non-hydrogen) atoms. The molecular formula is C20H27N5O2. The van der Waals surface area contributed by atoms with E-state index in [0.717, 1.165) is 26.1 Å². The van der Waals surface area contributed by atoms with E-state index >= 15 is 0 Å². The van der Waals surface area contributed by atoms with Gasteiger partial charge in [0.1, 0.15) is 5.69 Å². The normalized spacial score (nSPS) is 10.6. The highest BCUT2D eigenvalue weighted by Crippen LogP contribution is 2.17. The van der Waals surface area contributed by atoms with Crippen molar-refractivity contribution in [1.29, 1.82) is 0 Å². The van der Waals surface area contributed by atoms with E-state index in [-0.39, 0.29) is 17.5 Å². The van der Waals surface area contributed by atoms with Gasteiger partial charge in [0, 0.05) is 12.7 Å². The largest absolute Gasteiger partial charge is 0.397 e. The third kappa shape index (κ3) is 6.07. The van der Waals surface area contributed by atoms with Crippen LogP contribution in [0.4, 0.5) is 11.4 Å². The predicted molar refractivity (Wildman–Crippen MR) is 108 cm³/mol. The molecule has 0 aliphatic heterocycles. The number of rotatable bonds is 9. The second kappa shape index (κ2) is 10.3. The standard InChI is InChI=1S/C20H27N5O2/c1-3-25(4-2)13-7-12-22-19(26)15-10-11-18(23-14-15)20(27)24-17-9-6-5-8-16(17)21/h5-6,8-11,14H,3-4,7,12-13,21H2,1-2H3,(H,22,26)(H,24,27). The van der Waals surface area contributed by atoms with Crippen LogP contribution in [0.1, 0.15) is 41.1 Å². The first-order chi connectivity index (χ1) is 13.0. The zero-order chi connectivity index (χ0) is 19.6. The summed E-state index contributed by atoms with van der Waals surface area (Å²) in [6.07, 6.45) is 2.29. The Morgan fingerprint density at radius 3 is 2.44 bits per heavy atom. The molecule has 0 saturated carbocycles.